The molecule has 0 saturated heterocycles. The van der Waals surface area contributed by atoms with Gasteiger partial charge in [0.1, 0.15) is 5.75 Å². The van der Waals surface area contributed by atoms with Crippen molar-refractivity contribution in [3.63, 3.8) is 0 Å². The lowest BCUT2D eigenvalue weighted by molar-refractivity contribution is -0.137. The molecule has 2 aromatic carbocycles. The summed E-state index contributed by atoms with van der Waals surface area (Å²) in [7, 11) is 1.49. The quantitative estimate of drug-likeness (QED) is 0.399. The first-order chi connectivity index (χ1) is 15.6. The molecule has 0 saturated carbocycles. The normalized spacial score (nSPS) is 11.6. The number of nitrogens with zero attached hydrogens (tertiary/aromatic N) is 1. The highest BCUT2D eigenvalue weighted by Gasteiger charge is 2.21. The summed E-state index contributed by atoms with van der Waals surface area (Å²) in [5, 5.41) is 25.2. The third kappa shape index (κ3) is 5.66. The molecule has 33 heavy (non-hydrogen) atoms. The number of carboxylic acid groups (broad SMARTS) is 1. The highest BCUT2D eigenvalue weighted by atomic mass is 35.5. The topological polar surface area (TPSA) is 121 Å². The number of anilines is 1. The van der Waals surface area contributed by atoms with E-state index in [0.717, 1.165) is 11.1 Å². The number of carbonyl (C=O) groups excluding carboxylic acids is 1. The number of aromatic hydroxyl groups is 1. The van der Waals surface area contributed by atoms with E-state index in [-0.39, 0.29) is 11.4 Å². The fourth-order valence-electron chi connectivity index (χ4n) is 3.34. The van der Waals surface area contributed by atoms with Crippen LogP contribution in [0.1, 0.15) is 23.6 Å². The molecule has 0 aliphatic carbocycles. The highest BCUT2D eigenvalue weighted by Crippen LogP contribution is 2.30. The van der Waals surface area contributed by atoms with Gasteiger partial charge >= 0.3 is 12.0 Å². The van der Waals surface area contributed by atoms with E-state index < -0.39 is 30.0 Å². The summed E-state index contributed by atoms with van der Waals surface area (Å²) in [5.41, 5.74) is 1.52. The Morgan fingerprint density at radius 2 is 1.79 bits per heavy atom. The van der Waals surface area contributed by atoms with Gasteiger partial charge in [0.25, 0.3) is 5.56 Å². The molecule has 2 amide bonds. The number of hydrogen-bond acceptors (Lipinski definition) is 4. The van der Waals surface area contributed by atoms with Crippen LogP contribution >= 0.6 is 23.2 Å². The first kappa shape index (κ1) is 24.2. The fourth-order valence-corrected chi connectivity index (χ4v) is 3.64. The van der Waals surface area contributed by atoms with Crippen LogP contribution in [0.15, 0.2) is 53.5 Å². The lowest BCUT2D eigenvalue weighted by Crippen LogP contribution is -2.36. The Hall–Kier alpha value is -3.49. The number of halogens is 2. The monoisotopic (exact) mass is 489 g/mol. The van der Waals surface area contributed by atoms with Crippen molar-refractivity contribution < 1.29 is 19.8 Å². The van der Waals surface area contributed by atoms with Gasteiger partial charge in [-0.25, -0.2) is 4.79 Å². The van der Waals surface area contributed by atoms with Crippen molar-refractivity contribution in [2.45, 2.75) is 19.4 Å². The third-order valence-electron chi connectivity index (χ3n) is 5.00. The fraction of sp³-hybridized carbons (Fsp3) is 0.174. The van der Waals surface area contributed by atoms with Crippen LogP contribution in [0.3, 0.4) is 0 Å². The number of hydrogen-bond donors (Lipinski definition) is 4. The van der Waals surface area contributed by atoms with Crippen LogP contribution in [0.2, 0.25) is 10.0 Å². The van der Waals surface area contributed by atoms with Gasteiger partial charge in [-0.05, 0) is 41.8 Å². The Kier molecular flexibility index (Phi) is 7.30. The Labute approximate surface area is 199 Å². The van der Waals surface area contributed by atoms with Gasteiger partial charge in [-0.3, -0.25) is 9.59 Å². The Bertz CT molecular complexity index is 1290. The molecule has 3 rings (SSSR count). The Morgan fingerprint density at radius 3 is 2.45 bits per heavy atom. The van der Waals surface area contributed by atoms with E-state index in [9.17, 15) is 24.6 Å². The number of carboxylic acids is 1. The molecule has 172 valence electrons. The molecule has 0 bridgehead atoms. The summed E-state index contributed by atoms with van der Waals surface area (Å²) in [4.78, 5) is 36.4. The van der Waals surface area contributed by atoms with Crippen LogP contribution in [-0.4, -0.2) is 26.8 Å². The predicted octanol–water partition coefficient (Wildman–Crippen LogP) is 4.71. The second kappa shape index (κ2) is 9.97. The first-order valence-corrected chi connectivity index (χ1v) is 10.6. The summed E-state index contributed by atoms with van der Waals surface area (Å²) >= 11 is 12.1. The molecular weight excluding hydrogens is 469 g/mol. The van der Waals surface area contributed by atoms with Gasteiger partial charge in [0, 0.05) is 18.8 Å². The number of nitrogens with one attached hydrogen (secondary N) is 2. The summed E-state index contributed by atoms with van der Waals surface area (Å²) in [5.74, 6) is -1.49. The number of rotatable bonds is 6. The van der Waals surface area contributed by atoms with E-state index in [1.807, 2.05) is 6.07 Å². The van der Waals surface area contributed by atoms with Gasteiger partial charge in [0.2, 0.25) is 0 Å². The number of benzene rings is 2. The van der Waals surface area contributed by atoms with Crippen molar-refractivity contribution in [2.24, 2.45) is 7.05 Å². The highest BCUT2D eigenvalue weighted by molar-refractivity contribution is 6.42. The maximum absolute atomic E-state index is 12.6. The van der Waals surface area contributed by atoms with Crippen LogP contribution in [0.5, 0.6) is 5.75 Å². The SMILES string of the molecule is Cc1cn(C)c(=O)c(NC(=O)NC(CC(=O)O)c2cccc(-c3ccc(Cl)c(Cl)c3)c2)c1O. The smallest absolute Gasteiger partial charge is 0.319 e. The van der Waals surface area contributed by atoms with Gasteiger partial charge in [-0.2, -0.15) is 0 Å². The lowest BCUT2D eigenvalue weighted by Gasteiger charge is -2.19. The number of aryl methyl sites for hydroxylation is 2. The predicted molar refractivity (Wildman–Crippen MR) is 127 cm³/mol. The molecule has 0 radical (unpaired) electrons. The molecule has 0 spiro atoms. The molecular formula is C23H21Cl2N3O5. The Balaban J connectivity index is 1.89. The second-order valence-corrected chi connectivity index (χ2v) is 8.27. The number of urea groups is 1. The van der Waals surface area contributed by atoms with Crippen molar-refractivity contribution in [1.82, 2.24) is 9.88 Å². The number of aromatic nitrogens is 1. The van der Waals surface area contributed by atoms with Gasteiger partial charge in [-0.15, -0.1) is 0 Å². The van der Waals surface area contributed by atoms with Crippen molar-refractivity contribution in [2.75, 3.05) is 5.32 Å². The van der Waals surface area contributed by atoms with Gasteiger partial charge in [0.15, 0.2) is 5.69 Å². The lowest BCUT2D eigenvalue weighted by atomic mass is 9.98. The Morgan fingerprint density at radius 1 is 1.09 bits per heavy atom. The molecule has 1 atom stereocenters. The third-order valence-corrected chi connectivity index (χ3v) is 5.74. The van der Waals surface area contributed by atoms with E-state index in [4.69, 9.17) is 23.2 Å². The number of pyridine rings is 1. The summed E-state index contributed by atoms with van der Waals surface area (Å²) in [6, 6.07) is 10.3. The zero-order valence-electron chi connectivity index (χ0n) is 17.7. The van der Waals surface area contributed by atoms with Gasteiger partial charge in [0.05, 0.1) is 22.5 Å². The first-order valence-electron chi connectivity index (χ1n) is 9.80. The molecule has 8 nitrogen and oxygen atoms in total. The molecule has 4 N–H and O–H groups in total. The molecule has 1 heterocycles. The molecule has 3 aromatic rings. The van der Waals surface area contributed by atoms with Crippen LogP contribution in [-0.2, 0) is 11.8 Å². The molecule has 0 fully saturated rings. The minimum absolute atomic E-state index is 0.298. The van der Waals surface area contributed by atoms with Crippen molar-refractivity contribution >= 4 is 40.9 Å². The van der Waals surface area contributed by atoms with E-state index in [2.05, 4.69) is 10.6 Å². The van der Waals surface area contributed by atoms with E-state index in [0.29, 0.717) is 21.2 Å². The van der Waals surface area contributed by atoms with Crippen LogP contribution in [0, 0.1) is 6.92 Å². The molecule has 1 unspecified atom stereocenters. The second-order valence-electron chi connectivity index (χ2n) is 7.46. The number of carbonyl (C=O) groups is 2. The standard InChI is InChI=1S/C23H21Cl2N3O5/c1-12-11-28(2)22(32)20(21(12)31)27-23(33)26-18(10-19(29)30)15-5-3-4-13(8-15)14-6-7-16(24)17(25)9-14/h3-9,11,18,31H,10H2,1-2H3,(H,29,30)(H2,26,27,33). The van der Waals surface area contributed by atoms with E-state index in [1.54, 1.807) is 43.3 Å². The molecule has 0 aliphatic rings. The van der Waals surface area contributed by atoms with Crippen molar-refractivity contribution in [3.05, 3.63) is 80.2 Å². The van der Waals surface area contributed by atoms with E-state index >= 15 is 0 Å². The molecule has 1 aromatic heterocycles. The zero-order valence-corrected chi connectivity index (χ0v) is 19.2. The minimum Gasteiger partial charge on any atom is -0.505 e. The number of amides is 2. The van der Waals surface area contributed by atoms with Crippen molar-refractivity contribution in [1.29, 1.82) is 0 Å². The van der Waals surface area contributed by atoms with Gasteiger partial charge in [-0.1, -0.05) is 47.5 Å². The number of aliphatic carboxylic acids is 1. The minimum atomic E-state index is -1.13. The molecule has 10 heteroatoms. The summed E-state index contributed by atoms with van der Waals surface area (Å²) in [6.07, 6.45) is 1.03. The largest absolute Gasteiger partial charge is 0.505 e. The van der Waals surface area contributed by atoms with Crippen LogP contribution in [0.4, 0.5) is 10.5 Å². The van der Waals surface area contributed by atoms with Crippen LogP contribution < -0.4 is 16.2 Å². The summed E-state index contributed by atoms with van der Waals surface area (Å²) in [6.45, 7) is 1.58. The average molecular weight is 490 g/mol. The maximum atomic E-state index is 12.6. The van der Waals surface area contributed by atoms with Crippen LogP contribution in [0.25, 0.3) is 11.1 Å². The van der Waals surface area contributed by atoms with Gasteiger partial charge < -0.3 is 25.4 Å². The zero-order chi connectivity index (χ0) is 24.3. The van der Waals surface area contributed by atoms with E-state index in [1.165, 1.54) is 17.8 Å². The van der Waals surface area contributed by atoms with Crippen molar-refractivity contribution in [3.8, 4) is 16.9 Å². The average Bonchev–Trinajstić information content (AvgIpc) is 2.76. The molecule has 0 aliphatic heterocycles. The summed E-state index contributed by atoms with van der Waals surface area (Å²) < 4.78 is 1.22. The maximum Gasteiger partial charge on any atom is 0.319 e.